The van der Waals surface area contributed by atoms with E-state index in [0.717, 1.165) is 38.4 Å². The lowest BCUT2D eigenvalue weighted by atomic mass is 9.98. The molecule has 1 aromatic carbocycles. The molecule has 0 N–H and O–H groups in total. The summed E-state index contributed by atoms with van der Waals surface area (Å²) in [6, 6.07) is 6.81. The number of nitro groups is 1. The standard InChI is InChI=1S/C14H20N2O3/c1-2-19-11-12-4-3-9-15(10-12)13-5-7-14(8-6-13)16(17)18/h5-8,12H,2-4,9-11H2,1H3. The molecule has 5 nitrogen and oxygen atoms in total. The van der Waals surface area contributed by atoms with E-state index < -0.39 is 0 Å². The Balaban J connectivity index is 1.98. The maximum atomic E-state index is 10.6. The Labute approximate surface area is 113 Å². The van der Waals surface area contributed by atoms with Gasteiger partial charge in [-0.05, 0) is 37.8 Å². The van der Waals surface area contributed by atoms with Gasteiger partial charge in [0, 0.05) is 37.5 Å². The molecule has 1 aliphatic heterocycles. The van der Waals surface area contributed by atoms with Gasteiger partial charge in [-0.2, -0.15) is 0 Å². The average Bonchev–Trinajstić information content (AvgIpc) is 2.45. The van der Waals surface area contributed by atoms with Crippen molar-refractivity contribution in [2.75, 3.05) is 31.2 Å². The minimum atomic E-state index is -0.363. The molecule has 104 valence electrons. The van der Waals surface area contributed by atoms with Crippen LogP contribution in [-0.4, -0.2) is 31.2 Å². The minimum absolute atomic E-state index is 0.145. The summed E-state index contributed by atoms with van der Waals surface area (Å²) in [7, 11) is 0. The van der Waals surface area contributed by atoms with Crippen molar-refractivity contribution in [3.8, 4) is 0 Å². The number of benzene rings is 1. The van der Waals surface area contributed by atoms with Crippen LogP contribution >= 0.6 is 0 Å². The van der Waals surface area contributed by atoms with E-state index in [1.165, 1.54) is 6.42 Å². The second-order valence-corrected chi connectivity index (χ2v) is 4.89. The van der Waals surface area contributed by atoms with Crippen LogP contribution in [0.4, 0.5) is 11.4 Å². The van der Waals surface area contributed by atoms with Crippen molar-refractivity contribution in [3.63, 3.8) is 0 Å². The number of anilines is 1. The second-order valence-electron chi connectivity index (χ2n) is 4.89. The highest BCUT2D eigenvalue weighted by Crippen LogP contribution is 2.25. The predicted molar refractivity (Wildman–Crippen MR) is 74.5 cm³/mol. The SMILES string of the molecule is CCOCC1CCCN(c2ccc([N+](=O)[O-])cc2)C1. The minimum Gasteiger partial charge on any atom is -0.381 e. The fourth-order valence-corrected chi connectivity index (χ4v) is 2.51. The molecular weight excluding hydrogens is 244 g/mol. The lowest BCUT2D eigenvalue weighted by Crippen LogP contribution is -2.37. The third-order valence-corrected chi connectivity index (χ3v) is 3.50. The van der Waals surface area contributed by atoms with Gasteiger partial charge in [-0.1, -0.05) is 0 Å². The van der Waals surface area contributed by atoms with E-state index in [4.69, 9.17) is 4.74 Å². The van der Waals surface area contributed by atoms with Crippen LogP contribution in [0, 0.1) is 16.0 Å². The number of non-ortho nitro benzene ring substituents is 1. The summed E-state index contributed by atoms with van der Waals surface area (Å²) < 4.78 is 5.49. The van der Waals surface area contributed by atoms with Gasteiger partial charge in [0.2, 0.25) is 0 Å². The van der Waals surface area contributed by atoms with Crippen LogP contribution < -0.4 is 4.90 Å². The van der Waals surface area contributed by atoms with E-state index in [0.29, 0.717) is 5.92 Å². The van der Waals surface area contributed by atoms with Crippen LogP contribution in [0.15, 0.2) is 24.3 Å². The first-order valence-electron chi connectivity index (χ1n) is 6.78. The number of nitrogens with zero attached hydrogens (tertiary/aromatic N) is 2. The smallest absolute Gasteiger partial charge is 0.269 e. The van der Waals surface area contributed by atoms with Crippen molar-refractivity contribution in [2.45, 2.75) is 19.8 Å². The summed E-state index contributed by atoms with van der Waals surface area (Å²) in [5.41, 5.74) is 1.21. The number of ether oxygens (including phenoxy) is 1. The molecule has 0 aliphatic carbocycles. The number of hydrogen-bond donors (Lipinski definition) is 0. The molecule has 5 heteroatoms. The fourth-order valence-electron chi connectivity index (χ4n) is 2.51. The summed E-state index contributed by atoms with van der Waals surface area (Å²) in [6.07, 6.45) is 2.35. The number of rotatable bonds is 5. The van der Waals surface area contributed by atoms with Crippen molar-refractivity contribution in [3.05, 3.63) is 34.4 Å². The first-order chi connectivity index (χ1) is 9.20. The number of nitro benzene ring substituents is 1. The third kappa shape index (κ3) is 3.67. The highest BCUT2D eigenvalue weighted by molar-refractivity contribution is 5.51. The summed E-state index contributed by atoms with van der Waals surface area (Å²) in [4.78, 5) is 12.6. The maximum absolute atomic E-state index is 10.6. The first-order valence-corrected chi connectivity index (χ1v) is 6.78. The Morgan fingerprint density at radius 1 is 1.42 bits per heavy atom. The van der Waals surface area contributed by atoms with Crippen LogP contribution in [0.5, 0.6) is 0 Å². The van der Waals surface area contributed by atoms with E-state index in [1.54, 1.807) is 12.1 Å². The normalized spacial score (nSPS) is 19.4. The molecule has 0 aromatic heterocycles. The molecule has 1 atom stereocenters. The molecule has 19 heavy (non-hydrogen) atoms. The molecule has 1 aromatic rings. The van der Waals surface area contributed by atoms with Gasteiger partial charge in [-0.3, -0.25) is 10.1 Å². The summed E-state index contributed by atoms with van der Waals surface area (Å²) in [5.74, 6) is 0.559. The van der Waals surface area contributed by atoms with E-state index in [1.807, 2.05) is 19.1 Å². The highest BCUT2D eigenvalue weighted by atomic mass is 16.6. The Morgan fingerprint density at radius 3 is 2.79 bits per heavy atom. The van der Waals surface area contributed by atoms with Gasteiger partial charge in [0.05, 0.1) is 11.5 Å². The molecule has 0 spiro atoms. The zero-order valence-corrected chi connectivity index (χ0v) is 11.2. The quantitative estimate of drug-likeness (QED) is 0.606. The molecule has 2 rings (SSSR count). The van der Waals surface area contributed by atoms with E-state index >= 15 is 0 Å². The van der Waals surface area contributed by atoms with Gasteiger partial charge in [-0.15, -0.1) is 0 Å². The van der Waals surface area contributed by atoms with Crippen LogP contribution in [0.3, 0.4) is 0 Å². The van der Waals surface area contributed by atoms with Gasteiger partial charge in [0.25, 0.3) is 5.69 Å². The molecule has 1 aliphatic rings. The van der Waals surface area contributed by atoms with Crippen molar-refractivity contribution < 1.29 is 9.66 Å². The van der Waals surface area contributed by atoms with Crippen molar-refractivity contribution in [1.82, 2.24) is 0 Å². The number of piperidine rings is 1. The second kappa shape index (κ2) is 6.52. The first kappa shape index (κ1) is 13.8. The lowest BCUT2D eigenvalue weighted by molar-refractivity contribution is -0.384. The molecule has 0 bridgehead atoms. The predicted octanol–water partition coefficient (Wildman–Crippen LogP) is 2.85. The maximum Gasteiger partial charge on any atom is 0.269 e. The summed E-state index contributed by atoms with van der Waals surface area (Å²) in [5, 5.41) is 10.6. The number of hydrogen-bond acceptors (Lipinski definition) is 4. The van der Waals surface area contributed by atoms with Crippen molar-refractivity contribution >= 4 is 11.4 Å². The van der Waals surface area contributed by atoms with Crippen molar-refractivity contribution in [1.29, 1.82) is 0 Å². The molecule has 1 heterocycles. The zero-order chi connectivity index (χ0) is 13.7. The average molecular weight is 264 g/mol. The molecule has 1 fully saturated rings. The molecule has 0 radical (unpaired) electrons. The molecule has 1 saturated heterocycles. The Bertz CT molecular complexity index is 419. The molecule has 1 unspecified atom stereocenters. The van der Waals surface area contributed by atoms with Gasteiger partial charge in [-0.25, -0.2) is 0 Å². The topological polar surface area (TPSA) is 55.6 Å². The van der Waals surface area contributed by atoms with Gasteiger partial charge >= 0.3 is 0 Å². The Hall–Kier alpha value is -1.62. The van der Waals surface area contributed by atoms with Gasteiger partial charge in [0.1, 0.15) is 0 Å². The molecular formula is C14H20N2O3. The van der Waals surface area contributed by atoms with E-state index in [2.05, 4.69) is 4.90 Å². The third-order valence-electron chi connectivity index (χ3n) is 3.50. The Kier molecular flexibility index (Phi) is 4.74. The van der Waals surface area contributed by atoms with Gasteiger partial charge < -0.3 is 9.64 Å². The highest BCUT2D eigenvalue weighted by Gasteiger charge is 2.20. The zero-order valence-electron chi connectivity index (χ0n) is 11.2. The lowest BCUT2D eigenvalue weighted by Gasteiger charge is -2.34. The van der Waals surface area contributed by atoms with Crippen LogP contribution in [0.2, 0.25) is 0 Å². The molecule has 0 saturated carbocycles. The van der Waals surface area contributed by atoms with Crippen LogP contribution in [0.25, 0.3) is 0 Å². The van der Waals surface area contributed by atoms with Crippen LogP contribution in [-0.2, 0) is 4.74 Å². The van der Waals surface area contributed by atoms with E-state index in [-0.39, 0.29) is 10.6 Å². The largest absolute Gasteiger partial charge is 0.381 e. The van der Waals surface area contributed by atoms with Crippen molar-refractivity contribution in [2.24, 2.45) is 5.92 Å². The van der Waals surface area contributed by atoms with E-state index in [9.17, 15) is 10.1 Å². The fraction of sp³-hybridized carbons (Fsp3) is 0.571. The Morgan fingerprint density at radius 2 is 2.16 bits per heavy atom. The molecule has 0 amide bonds. The van der Waals surface area contributed by atoms with Crippen LogP contribution in [0.1, 0.15) is 19.8 Å². The summed E-state index contributed by atoms with van der Waals surface area (Å²) in [6.45, 7) is 5.56. The van der Waals surface area contributed by atoms with Gasteiger partial charge in [0.15, 0.2) is 0 Å². The summed E-state index contributed by atoms with van der Waals surface area (Å²) >= 11 is 0. The monoisotopic (exact) mass is 264 g/mol.